The Morgan fingerprint density at radius 2 is 1.61 bits per heavy atom. The maximum absolute atomic E-state index is 9.22. The summed E-state index contributed by atoms with van der Waals surface area (Å²) in [5.74, 6) is 6.68. The molecule has 0 aromatic rings. The maximum atomic E-state index is 9.22. The van der Waals surface area contributed by atoms with E-state index in [1.807, 2.05) is 0 Å². The zero-order chi connectivity index (χ0) is 22.2. The van der Waals surface area contributed by atoms with E-state index in [1.54, 1.807) is 0 Å². The number of hydrogen-bond donors (Lipinski definition) is 2. The summed E-state index contributed by atoms with van der Waals surface area (Å²) in [7, 11) is 0. The van der Waals surface area contributed by atoms with Gasteiger partial charge in [-0.15, -0.1) is 0 Å². The fourth-order valence-electron chi connectivity index (χ4n) is 9.74. The van der Waals surface area contributed by atoms with Crippen LogP contribution in [0.5, 0.6) is 0 Å². The largest absolute Gasteiger partial charge is 0.395 e. The van der Waals surface area contributed by atoms with Crippen molar-refractivity contribution in [3.05, 3.63) is 0 Å². The van der Waals surface area contributed by atoms with Crippen LogP contribution in [0.4, 0.5) is 0 Å². The zero-order valence-corrected chi connectivity index (χ0v) is 21.5. The van der Waals surface area contributed by atoms with Crippen LogP contribution >= 0.6 is 0 Å². The molecule has 0 aromatic heterocycles. The minimum atomic E-state index is 0.278. The van der Waals surface area contributed by atoms with Gasteiger partial charge in [0.15, 0.2) is 0 Å². The van der Waals surface area contributed by atoms with Gasteiger partial charge in [-0.2, -0.15) is 0 Å². The van der Waals surface area contributed by atoms with Crippen molar-refractivity contribution in [3.8, 4) is 0 Å². The molecule has 180 valence electrons. The lowest BCUT2D eigenvalue weighted by atomic mass is 9.44. The molecule has 2 N–H and O–H groups in total. The first-order valence-electron chi connectivity index (χ1n) is 14.1. The van der Waals surface area contributed by atoms with Crippen molar-refractivity contribution in [2.24, 2.45) is 52.3 Å². The highest BCUT2D eigenvalue weighted by atomic mass is 16.3. The second-order valence-electron chi connectivity index (χ2n) is 13.3. The average Bonchev–Trinajstić information content (AvgIpc) is 3.09. The van der Waals surface area contributed by atoms with Gasteiger partial charge in [0.05, 0.1) is 6.61 Å². The maximum Gasteiger partial charge on any atom is 0.0556 e. The normalized spacial score (nSPS) is 45.8. The number of rotatable bonds is 8. The van der Waals surface area contributed by atoms with Crippen molar-refractivity contribution >= 4 is 0 Å². The molecule has 0 bridgehead atoms. The molecule has 0 radical (unpaired) electrons. The fraction of sp³-hybridized carbons (Fsp3) is 1.00. The summed E-state index contributed by atoms with van der Waals surface area (Å²) >= 11 is 0. The van der Waals surface area contributed by atoms with Crippen molar-refractivity contribution < 1.29 is 5.11 Å². The van der Waals surface area contributed by atoms with E-state index in [4.69, 9.17) is 0 Å². The standard InChI is InChI=1S/C29H53NO/c1-20(2)7-6-8-21(3)25-11-12-26-24-10-9-22-19-23(30-17-18-31)13-15-28(22,4)27(24)14-16-29(25,26)5/h20-27,30-31H,6-19H2,1-5H3/t21-,22?,23+,24+,25-,26+,27+,28+,29-/m1/s1. The molecule has 4 aliphatic carbocycles. The van der Waals surface area contributed by atoms with E-state index in [0.717, 1.165) is 48.0 Å². The summed E-state index contributed by atoms with van der Waals surface area (Å²) < 4.78 is 0. The van der Waals surface area contributed by atoms with E-state index in [2.05, 4.69) is 39.9 Å². The molecule has 4 rings (SSSR count). The van der Waals surface area contributed by atoms with Gasteiger partial charge < -0.3 is 10.4 Å². The molecule has 0 aliphatic heterocycles. The molecule has 4 saturated carbocycles. The van der Waals surface area contributed by atoms with E-state index in [-0.39, 0.29) is 6.61 Å². The SMILES string of the molecule is CC(C)CCC[C@@H](C)[C@H]1CC[C@H]2[C@@H]3CCC4C[C@@H](NCCO)CC[C@]4(C)[C@H]3CC[C@]12C. The van der Waals surface area contributed by atoms with Crippen LogP contribution in [0.15, 0.2) is 0 Å². The quantitative estimate of drug-likeness (QED) is 0.431. The Morgan fingerprint density at radius 1 is 0.871 bits per heavy atom. The topological polar surface area (TPSA) is 32.3 Å². The van der Waals surface area contributed by atoms with Crippen molar-refractivity contribution in [3.63, 3.8) is 0 Å². The van der Waals surface area contributed by atoms with Crippen molar-refractivity contribution in [1.82, 2.24) is 5.32 Å². The van der Waals surface area contributed by atoms with Crippen LogP contribution in [0.25, 0.3) is 0 Å². The van der Waals surface area contributed by atoms with Crippen LogP contribution in [-0.4, -0.2) is 24.3 Å². The summed E-state index contributed by atoms with van der Waals surface area (Å²) in [6, 6.07) is 0.651. The number of fused-ring (bicyclic) bond motifs is 5. The van der Waals surface area contributed by atoms with Crippen LogP contribution < -0.4 is 5.32 Å². The van der Waals surface area contributed by atoms with E-state index >= 15 is 0 Å². The van der Waals surface area contributed by atoms with Gasteiger partial charge in [-0.1, -0.05) is 53.9 Å². The highest BCUT2D eigenvalue weighted by Crippen LogP contribution is 2.68. The highest BCUT2D eigenvalue weighted by molar-refractivity contribution is 5.10. The number of aliphatic hydroxyl groups is 1. The summed E-state index contributed by atoms with van der Waals surface area (Å²) in [6.07, 6.45) is 17.4. The Hall–Kier alpha value is -0.0800. The van der Waals surface area contributed by atoms with Gasteiger partial charge in [-0.25, -0.2) is 0 Å². The minimum absolute atomic E-state index is 0.278. The van der Waals surface area contributed by atoms with Crippen LogP contribution in [-0.2, 0) is 0 Å². The Bertz CT molecular complexity index is 589. The summed E-state index contributed by atoms with van der Waals surface area (Å²) in [6.45, 7) is 13.8. The predicted octanol–water partition coefficient (Wildman–Crippen LogP) is 7.06. The van der Waals surface area contributed by atoms with Gasteiger partial charge >= 0.3 is 0 Å². The van der Waals surface area contributed by atoms with Gasteiger partial charge in [0, 0.05) is 12.6 Å². The van der Waals surface area contributed by atoms with Gasteiger partial charge in [0.1, 0.15) is 0 Å². The smallest absolute Gasteiger partial charge is 0.0556 e. The predicted molar refractivity (Wildman–Crippen MR) is 132 cm³/mol. The van der Waals surface area contributed by atoms with Gasteiger partial charge in [0.25, 0.3) is 0 Å². The molecule has 0 saturated heterocycles. The van der Waals surface area contributed by atoms with Crippen LogP contribution in [0, 0.1) is 52.3 Å². The molecule has 4 fully saturated rings. The highest BCUT2D eigenvalue weighted by Gasteiger charge is 2.60. The fourth-order valence-corrected chi connectivity index (χ4v) is 9.74. The molecule has 0 amide bonds. The van der Waals surface area contributed by atoms with E-state index < -0.39 is 0 Å². The van der Waals surface area contributed by atoms with E-state index in [9.17, 15) is 5.11 Å². The first kappa shape index (κ1) is 24.1. The molecule has 1 unspecified atom stereocenters. The molecular weight excluding hydrogens is 378 g/mol. The number of nitrogens with one attached hydrogen (secondary N) is 1. The average molecular weight is 432 g/mol. The zero-order valence-electron chi connectivity index (χ0n) is 21.5. The van der Waals surface area contributed by atoms with Crippen LogP contribution in [0.2, 0.25) is 0 Å². The first-order chi connectivity index (χ1) is 14.8. The molecule has 31 heavy (non-hydrogen) atoms. The molecule has 0 heterocycles. The molecule has 2 heteroatoms. The Balaban J connectivity index is 1.41. The summed E-state index contributed by atoms with van der Waals surface area (Å²) in [5, 5.41) is 12.8. The van der Waals surface area contributed by atoms with Crippen molar-refractivity contribution in [2.45, 2.75) is 118 Å². The van der Waals surface area contributed by atoms with Gasteiger partial charge in [-0.05, 0) is 110 Å². The van der Waals surface area contributed by atoms with Crippen molar-refractivity contribution in [1.29, 1.82) is 0 Å². The van der Waals surface area contributed by atoms with Crippen molar-refractivity contribution in [2.75, 3.05) is 13.2 Å². The second-order valence-corrected chi connectivity index (χ2v) is 13.3. The Kier molecular flexibility index (Phi) is 7.49. The first-order valence-corrected chi connectivity index (χ1v) is 14.1. The molecule has 4 aliphatic rings. The Labute approximate surface area is 193 Å². The third kappa shape index (κ3) is 4.51. The van der Waals surface area contributed by atoms with Crippen LogP contribution in [0.3, 0.4) is 0 Å². The molecule has 0 spiro atoms. The number of hydrogen-bond acceptors (Lipinski definition) is 2. The van der Waals surface area contributed by atoms with E-state index in [1.165, 1.54) is 77.0 Å². The van der Waals surface area contributed by atoms with Crippen LogP contribution in [0.1, 0.15) is 112 Å². The molecule has 2 nitrogen and oxygen atoms in total. The summed E-state index contributed by atoms with van der Waals surface area (Å²) in [4.78, 5) is 0. The van der Waals surface area contributed by atoms with Gasteiger partial charge in [-0.3, -0.25) is 0 Å². The molecule has 0 aromatic carbocycles. The lowest BCUT2D eigenvalue weighted by Gasteiger charge is -2.61. The summed E-state index contributed by atoms with van der Waals surface area (Å²) in [5.41, 5.74) is 1.21. The minimum Gasteiger partial charge on any atom is -0.395 e. The lowest BCUT2D eigenvalue weighted by molar-refractivity contribution is -0.118. The molecular formula is C29H53NO. The number of aliphatic hydroxyl groups excluding tert-OH is 1. The molecule has 9 atom stereocenters. The van der Waals surface area contributed by atoms with E-state index in [0.29, 0.717) is 16.9 Å². The third-order valence-electron chi connectivity index (χ3n) is 11.4. The lowest BCUT2D eigenvalue weighted by Crippen LogP contribution is -2.55. The Morgan fingerprint density at radius 3 is 2.35 bits per heavy atom. The van der Waals surface area contributed by atoms with Gasteiger partial charge in [0.2, 0.25) is 0 Å². The third-order valence-corrected chi connectivity index (χ3v) is 11.4. The second kappa shape index (κ2) is 9.65. The monoisotopic (exact) mass is 431 g/mol.